The van der Waals surface area contributed by atoms with Gasteiger partial charge in [0, 0.05) is 10.7 Å². The summed E-state index contributed by atoms with van der Waals surface area (Å²) in [5.74, 6) is 0.751. The van der Waals surface area contributed by atoms with Crippen molar-refractivity contribution in [1.82, 2.24) is 19.7 Å². The number of rotatable bonds is 5. The lowest BCUT2D eigenvalue weighted by molar-refractivity contribution is 0.704. The summed E-state index contributed by atoms with van der Waals surface area (Å²) < 4.78 is 1.87. The van der Waals surface area contributed by atoms with Crippen LogP contribution in [0.25, 0.3) is 11.0 Å². The van der Waals surface area contributed by atoms with Crippen molar-refractivity contribution in [3.63, 3.8) is 0 Å². The fourth-order valence-electron chi connectivity index (χ4n) is 2.83. The maximum Gasteiger partial charge on any atom is 0.163 e. The summed E-state index contributed by atoms with van der Waals surface area (Å²) in [6, 6.07) is 16.1. The minimum Gasteiger partial charge on any atom is -0.340 e. The molecule has 0 saturated heterocycles. The van der Waals surface area contributed by atoms with Crippen LogP contribution in [0.15, 0.2) is 61.1 Å². The van der Waals surface area contributed by atoms with Crippen LogP contribution in [0.5, 0.6) is 0 Å². The Morgan fingerprint density at radius 1 is 0.962 bits per heavy atom. The van der Waals surface area contributed by atoms with Crippen molar-refractivity contribution in [1.29, 1.82) is 0 Å². The molecule has 0 radical (unpaired) electrons. The molecular formula is C20H18ClN5. The number of fused-ring (bicyclic) bond motifs is 1. The van der Waals surface area contributed by atoms with Gasteiger partial charge in [0.05, 0.1) is 18.1 Å². The molecule has 0 spiro atoms. The summed E-state index contributed by atoms with van der Waals surface area (Å²) in [5, 5.41) is 9.46. The highest BCUT2D eigenvalue weighted by Gasteiger charge is 2.10. The lowest BCUT2D eigenvalue weighted by Gasteiger charge is -2.08. The quantitative estimate of drug-likeness (QED) is 0.551. The lowest BCUT2D eigenvalue weighted by Crippen LogP contribution is -2.03. The largest absolute Gasteiger partial charge is 0.340 e. The molecule has 0 aliphatic heterocycles. The number of hydrogen-bond donors (Lipinski definition) is 1. The van der Waals surface area contributed by atoms with Crippen LogP contribution in [0.2, 0.25) is 5.02 Å². The first-order chi connectivity index (χ1) is 12.7. The summed E-state index contributed by atoms with van der Waals surface area (Å²) in [4.78, 5) is 8.79. The molecule has 0 bridgehead atoms. The first-order valence-electron chi connectivity index (χ1n) is 8.50. The van der Waals surface area contributed by atoms with E-state index in [0.29, 0.717) is 6.54 Å². The van der Waals surface area contributed by atoms with Gasteiger partial charge in [0.25, 0.3) is 0 Å². The average Bonchev–Trinajstić information content (AvgIpc) is 3.08. The van der Waals surface area contributed by atoms with Crippen LogP contribution in [0.3, 0.4) is 0 Å². The second kappa shape index (κ2) is 7.14. The molecule has 5 nitrogen and oxygen atoms in total. The molecule has 2 aromatic heterocycles. The van der Waals surface area contributed by atoms with Gasteiger partial charge in [0.2, 0.25) is 0 Å². The molecule has 0 fully saturated rings. The number of anilines is 2. The van der Waals surface area contributed by atoms with E-state index in [0.717, 1.165) is 39.5 Å². The third-order valence-electron chi connectivity index (χ3n) is 4.30. The van der Waals surface area contributed by atoms with Crippen LogP contribution in [-0.4, -0.2) is 19.7 Å². The van der Waals surface area contributed by atoms with E-state index >= 15 is 0 Å². The Labute approximate surface area is 156 Å². The second-order valence-electron chi connectivity index (χ2n) is 6.06. The predicted octanol–water partition coefficient (Wildman–Crippen LogP) is 4.83. The average molecular weight is 364 g/mol. The SMILES string of the molecule is CCc1ccc(Nc2ncnc3c2cnn3Cc2ccc(Cl)cc2)cc1. The zero-order chi connectivity index (χ0) is 17.9. The van der Waals surface area contributed by atoms with Gasteiger partial charge in [-0.2, -0.15) is 5.10 Å². The highest BCUT2D eigenvalue weighted by molar-refractivity contribution is 6.30. The molecule has 130 valence electrons. The molecule has 1 N–H and O–H groups in total. The standard InChI is InChI=1S/C20H18ClN5/c1-2-14-5-9-17(10-6-14)25-19-18-11-24-26(20(18)23-13-22-19)12-15-3-7-16(21)8-4-15/h3-11,13H,2,12H2,1H3,(H,22,23,25). The Morgan fingerprint density at radius 3 is 2.42 bits per heavy atom. The number of nitrogens with one attached hydrogen (secondary N) is 1. The normalized spacial score (nSPS) is 11.0. The van der Waals surface area contributed by atoms with Gasteiger partial charge in [-0.05, 0) is 41.8 Å². The second-order valence-corrected chi connectivity index (χ2v) is 6.50. The summed E-state index contributed by atoms with van der Waals surface area (Å²) in [6.07, 6.45) is 4.38. The Balaban J connectivity index is 1.62. The molecule has 0 atom stereocenters. The minimum atomic E-state index is 0.627. The number of halogens is 1. The molecule has 0 aliphatic carbocycles. The van der Waals surface area contributed by atoms with E-state index in [1.807, 2.05) is 28.9 Å². The van der Waals surface area contributed by atoms with E-state index in [-0.39, 0.29) is 0 Å². The molecule has 26 heavy (non-hydrogen) atoms. The zero-order valence-electron chi connectivity index (χ0n) is 14.4. The molecule has 4 rings (SSSR count). The highest BCUT2D eigenvalue weighted by atomic mass is 35.5. The Bertz CT molecular complexity index is 1020. The van der Waals surface area contributed by atoms with E-state index in [9.17, 15) is 0 Å². The van der Waals surface area contributed by atoms with Gasteiger partial charge >= 0.3 is 0 Å². The van der Waals surface area contributed by atoms with Crippen LogP contribution >= 0.6 is 11.6 Å². The molecule has 6 heteroatoms. The Morgan fingerprint density at radius 2 is 1.69 bits per heavy atom. The fourth-order valence-corrected chi connectivity index (χ4v) is 2.96. The van der Waals surface area contributed by atoms with Crippen molar-refractivity contribution >= 4 is 34.1 Å². The molecule has 0 unspecified atom stereocenters. The van der Waals surface area contributed by atoms with Gasteiger partial charge in [0.15, 0.2) is 5.65 Å². The predicted molar refractivity (Wildman–Crippen MR) is 105 cm³/mol. The molecule has 2 heterocycles. The summed E-state index contributed by atoms with van der Waals surface area (Å²) in [7, 11) is 0. The number of aromatic nitrogens is 4. The first-order valence-corrected chi connectivity index (χ1v) is 8.87. The summed E-state index contributed by atoms with van der Waals surface area (Å²) >= 11 is 5.95. The third kappa shape index (κ3) is 3.39. The Hall–Kier alpha value is -2.92. The topological polar surface area (TPSA) is 55.6 Å². The van der Waals surface area contributed by atoms with Gasteiger partial charge in [-0.1, -0.05) is 42.8 Å². The van der Waals surface area contributed by atoms with Gasteiger partial charge in [-0.25, -0.2) is 14.6 Å². The maximum absolute atomic E-state index is 5.95. The Kier molecular flexibility index (Phi) is 4.54. The molecule has 0 amide bonds. The monoisotopic (exact) mass is 363 g/mol. The minimum absolute atomic E-state index is 0.627. The van der Waals surface area contributed by atoms with Crippen molar-refractivity contribution in [2.24, 2.45) is 0 Å². The van der Waals surface area contributed by atoms with E-state index in [1.165, 1.54) is 5.56 Å². The van der Waals surface area contributed by atoms with E-state index < -0.39 is 0 Å². The van der Waals surface area contributed by atoms with Crippen molar-refractivity contribution in [2.75, 3.05) is 5.32 Å². The molecule has 0 saturated carbocycles. The van der Waals surface area contributed by atoms with Crippen LogP contribution in [0.1, 0.15) is 18.1 Å². The summed E-state index contributed by atoms with van der Waals surface area (Å²) in [6.45, 7) is 2.77. The van der Waals surface area contributed by atoms with Crippen molar-refractivity contribution in [3.8, 4) is 0 Å². The van der Waals surface area contributed by atoms with Gasteiger partial charge < -0.3 is 5.32 Å². The van der Waals surface area contributed by atoms with Crippen LogP contribution < -0.4 is 5.32 Å². The third-order valence-corrected chi connectivity index (χ3v) is 4.56. The first kappa shape index (κ1) is 16.5. The number of nitrogens with zero attached hydrogens (tertiary/aromatic N) is 4. The van der Waals surface area contributed by atoms with Gasteiger partial charge in [-0.3, -0.25) is 0 Å². The zero-order valence-corrected chi connectivity index (χ0v) is 15.1. The lowest BCUT2D eigenvalue weighted by atomic mass is 10.1. The van der Waals surface area contributed by atoms with Crippen LogP contribution in [-0.2, 0) is 13.0 Å². The van der Waals surface area contributed by atoms with E-state index in [1.54, 1.807) is 12.5 Å². The van der Waals surface area contributed by atoms with Crippen LogP contribution in [0.4, 0.5) is 11.5 Å². The molecular weight excluding hydrogens is 346 g/mol. The molecule has 0 aliphatic rings. The van der Waals surface area contributed by atoms with Crippen molar-refractivity contribution < 1.29 is 0 Å². The van der Waals surface area contributed by atoms with Gasteiger partial charge in [-0.15, -0.1) is 0 Å². The van der Waals surface area contributed by atoms with Crippen molar-refractivity contribution in [3.05, 3.63) is 77.2 Å². The molecule has 4 aromatic rings. The van der Waals surface area contributed by atoms with Crippen LogP contribution in [0, 0.1) is 0 Å². The molecule has 2 aromatic carbocycles. The highest BCUT2D eigenvalue weighted by Crippen LogP contribution is 2.23. The maximum atomic E-state index is 5.95. The van der Waals surface area contributed by atoms with E-state index in [4.69, 9.17) is 11.6 Å². The number of benzene rings is 2. The van der Waals surface area contributed by atoms with Crippen molar-refractivity contribution in [2.45, 2.75) is 19.9 Å². The van der Waals surface area contributed by atoms with Gasteiger partial charge in [0.1, 0.15) is 12.1 Å². The number of aryl methyl sites for hydroxylation is 1. The smallest absolute Gasteiger partial charge is 0.163 e. The fraction of sp³-hybridized carbons (Fsp3) is 0.150. The van der Waals surface area contributed by atoms with E-state index in [2.05, 4.69) is 51.6 Å². The number of hydrogen-bond acceptors (Lipinski definition) is 4. The summed E-state index contributed by atoms with van der Waals surface area (Å²) in [5.41, 5.74) is 4.21.